The highest BCUT2D eigenvalue weighted by molar-refractivity contribution is 6.71. The minimum Gasteiger partial charge on any atom is -0.490 e. The zero-order chi connectivity index (χ0) is 22.9. The largest absolute Gasteiger partial charge is 0.494 e. The van der Waals surface area contributed by atoms with Crippen molar-refractivity contribution in [3.05, 3.63) is 29.3 Å². The molecular weight excluding hydrogens is 418 g/mol. The predicted molar refractivity (Wildman–Crippen MR) is 121 cm³/mol. The fourth-order valence-electron chi connectivity index (χ4n) is 4.09. The lowest BCUT2D eigenvalue weighted by Crippen LogP contribution is -2.29. The quantitative estimate of drug-likeness (QED) is 0.196. The van der Waals surface area contributed by atoms with Gasteiger partial charge in [0.25, 0.3) is 8.32 Å². The van der Waals surface area contributed by atoms with Crippen LogP contribution in [0.5, 0.6) is 5.75 Å². The Morgan fingerprint density at radius 3 is 2.35 bits per heavy atom. The summed E-state index contributed by atoms with van der Waals surface area (Å²) < 4.78 is 44.7. The van der Waals surface area contributed by atoms with Crippen LogP contribution >= 0.6 is 0 Å². The fourth-order valence-corrected chi connectivity index (χ4v) is 4.65. The van der Waals surface area contributed by atoms with Crippen molar-refractivity contribution in [1.29, 1.82) is 0 Å². The van der Waals surface area contributed by atoms with E-state index >= 15 is 0 Å². The third kappa shape index (κ3) is 8.79. The first-order chi connectivity index (χ1) is 14.7. The molecule has 0 aliphatic heterocycles. The van der Waals surface area contributed by atoms with Crippen molar-refractivity contribution in [3.8, 4) is 5.75 Å². The van der Waals surface area contributed by atoms with Crippen LogP contribution in [0.1, 0.15) is 76.2 Å². The number of unbranched alkanes of at least 4 members (excludes halogenated alkanes) is 2. The van der Waals surface area contributed by atoms with Gasteiger partial charge in [0.2, 0.25) is 5.82 Å². The van der Waals surface area contributed by atoms with E-state index in [1.54, 1.807) is 6.07 Å². The van der Waals surface area contributed by atoms with Gasteiger partial charge in [-0.3, -0.25) is 0 Å². The Balaban J connectivity index is 1.77. The highest BCUT2D eigenvalue weighted by Crippen LogP contribution is 2.40. The molecule has 0 amide bonds. The smallest absolute Gasteiger partial charge is 0.490 e. The van der Waals surface area contributed by atoms with E-state index < -0.39 is 26.1 Å². The molecule has 0 saturated heterocycles. The van der Waals surface area contributed by atoms with Crippen LogP contribution in [0.4, 0.5) is 13.6 Å². The molecule has 0 heterocycles. The second-order valence-corrected chi connectivity index (χ2v) is 13.9. The van der Waals surface area contributed by atoms with Crippen LogP contribution in [0, 0.1) is 17.6 Å². The summed E-state index contributed by atoms with van der Waals surface area (Å²) in [5, 5.41) is 0. The lowest BCUT2D eigenvalue weighted by atomic mass is 9.77. The van der Waals surface area contributed by atoms with Crippen molar-refractivity contribution < 1.29 is 27.5 Å². The second kappa shape index (κ2) is 12.4. The number of hydrogen-bond donors (Lipinski definition) is 0. The molecule has 0 N–H and O–H groups in total. The van der Waals surface area contributed by atoms with Crippen molar-refractivity contribution in [1.82, 2.24) is 0 Å². The monoisotopic (exact) mass is 456 g/mol. The summed E-state index contributed by atoms with van der Waals surface area (Å²) in [5.41, 5.74) is 0.467. The molecule has 0 aromatic heterocycles. The van der Waals surface area contributed by atoms with Crippen LogP contribution in [0.25, 0.3) is 0 Å². The maximum absolute atomic E-state index is 14.7. The summed E-state index contributed by atoms with van der Waals surface area (Å²) >= 11 is 0. The normalized spacial score (nSPS) is 19.2. The van der Waals surface area contributed by atoms with Gasteiger partial charge >= 0.3 is 6.16 Å². The number of hydrogen-bond acceptors (Lipinski definition) is 4. The van der Waals surface area contributed by atoms with Crippen molar-refractivity contribution in [2.75, 3.05) is 13.2 Å². The highest BCUT2D eigenvalue weighted by Gasteiger charge is 2.26. The number of ether oxygens (including phenoxy) is 2. The molecule has 1 fully saturated rings. The fraction of sp³-hybridized carbons (Fsp3) is 0.708. The summed E-state index contributed by atoms with van der Waals surface area (Å²) in [6.45, 7) is 8.10. The molecule has 176 valence electrons. The summed E-state index contributed by atoms with van der Waals surface area (Å²) in [5.74, 6) is -1.01. The maximum Gasteiger partial charge on any atom is 0.494 e. The first-order valence-corrected chi connectivity index (χ1v) is 15.1. The number of benzene rings is 1. The number of rotatable bonds is 11. The number of halogens is 2. The number of carbonyl (C=O) groups is 1. The van der Waals surface area contributed by atoms with E-state index in [4.69, 9.17) is 13.9 Å². The van der Waals surface area contributed by atoms with Gasteiger partial charge in [0, 0.05) is 6.42 Å². The summed E-state index contributed by atoms with van der Waals surface area (Å²) in [7, 11) is -1.98. The van der Waals surface area contributed by atoms with E-state index in [-0.39, 0.29) is 24.9 Å². The van der Waals surface area contributed by atoms with E-state index in [0.29, 0.717) is 12.0 Å². The van der Waals surface area contributed by atoms with Crippen LogP contribution < -0.4 is 4.74 Å². The van der Waals surface area contributed by atoms with Crippen molar-refractivity contribution >= 4 is 14.5 Å². The van der Waals surface area contributed by atoms with Gasteiger partial charge in [0.1, 0.15) is 0 Å². The lowest BCUT2D eigenvalue weighted by molar-refractivity contribution is 0.0915. The van der Waals surface area contributed by atoms with Gasteiger partial charge in [-0.25, -0.2) is 9.18 Å². The Kier molecular flexibility index (Phi) is 10.3. The second-order valence-electron chi connectivity index (χ2n) is 9.51. The van der Waals surface area contributed by atoms with Crippen LogP contribution in [-0.4, -0.2) is 27.7 Å². The zero-order valence-corrected chi connectivity index (χ0v) is 20.5. The summed E-state index contributed by atoms with van der Waals surface area (Å²) in [6, 6.07) is 3.18. The Morgan fingerprint density at radius 1 is 1.00 bits per heavy atom. The third-order valence-electron chi connectivity index (χ3n) is 5.73. The maximum atomic E-state index is 14.7. The van der Waals surface area contributed by atoms with Gasteiger partial charge in [-0.2, -0.15) is 4.39 Å². The van der Waals surface area contributed by atoms with E-state index in [0.717, 1.165) is 31.6 Å². The van der Waals surface area contributed by atoms with Gasteiger partial charge < -0.3 is 13.9 Å². The van der Waals surface area contributed by atoms with Crippen molar-refractivity contribution in [2.45, 2.75) is 90.3 Å². The minimum absolute atomic E-state index is 0.0803. The molecule has 7 heteroatoms. The molecule has 0 unspecified atom stereocenters. The predicted octanol–water partition coefficient (Wildman–Crippen LogP) is 7.58. The summed E-state index contributed by atoms with van der Waals surface area (Å²) in [4.78, 5) is 11.5. The molecule has 0 atom stereocenters. The van der Waals surface area contributed by atoms with Gasteiger partial charge in [-0.1, -0.05) is 38.7 Å². The highest BCUT2D eigenvalue weighted by atomic mass is 28.4. The molecule has 4 nitrogen and oxygen atoms in total. The van der Waals surface area contributed by atoms with Gasteiger partial charge in [0.05, 0.1) is 13.2 Å². The molecule has 1 saturated carbocycles. The minimum atomic E-state index is -1.98. The first-order valence-electron chi connectivity index (χ1n) is 11.7. The standard InChI is InChI=1S/C24H38F2O4Si/c1-5-6-7-9-18-10-12-19(13-11-18)20-14-15-21(23(26)22(20)25)28-16-8-17-29-24(27)30-31(2,3)4/h14-15,18-19H,5-13,16-17H2,1-4H3. The molecule has 0 radical (unpaired) electrons. The van der Waals surface area contributed by atoms with Gasteiger partial charge in [-0.05, 0) is 68.8 Å². The number of carbonyl (C=O) groups excluding carboxylic acids is 1. The third-order valence-corrected chi connectivity index (χ3v) is 6.51. The van der Waals surface area contributed by atoms with E-state index in [1.807, 2.05) is 19.6 Å². The van der Waals surface area contributed by atoms with E-state index in [2.05, 4.69) is 6.92 Å². The van der Waals surface area contributed by atoms with Crippen LogP contribution in [0.2, 0.25) is 19.6 Å². The molecule has 1 aromatic carbocycles. The van der Waals surface area contributed by atoms with E-state index in [9.17, 15) is 13.6 Å². The average Bonchev–Trinajstić information content (AvgIpc) is 2.70. The van der Waals surface area contributed by atoms with Gasteiger partial charge in [-0.15, -0.1) is 0 Å². The topological polar surface area (TPSA) is 44.8 Å². The lowest BCUT2D eigenvalue weighted by Gasteiger charge is -2.29. The average molecular weight is 457 g/mol. The summed E-state index contributed by atoms with van der Waals surface area (Å²) in [6.07, 6.45) is 8.71. The molecule has 1 aliphatic rings. The molecule has 31 heavy (non-hydrogen) atoms. The van der Waals surface area contributed by atoms with Crippen LogP contribution in [-0.2, 0) is 9.16 Å². The molecule has 0 bridgehead atoms. The van der Waals surface area contributed by atoms with Crippen LogP contribution in [0.15, 0.2) is 12.1 Å². The SMILES string of the molecule is CCCCCC1CCC(c2ccc(OCCCOC(=O)O[Si](C)(C)C)c(F)c2F)CC1. The Hall–Kier alpha value is -1.63. The van der Waals surface area contributed by atoms with Crippen LogP contribution in [0.3, 0.4) is 0 Å². The molecule has 1 aliphatic carbocycles. The molecule has 1 aromatic rings. The van der Waals surface area contributed by atoms with Crippen molar-refractivity contribution in [2.24, 2.45) is 5.92 Å². The Morgan fingerprint density at radius 2 is 1.71 bits per heavy atom. The molecule has 0 spiro atoms. The van der Waals surface area contributed by atoms with Gasteiger partial charge in [0.15, 0.2) is 11.6 Å². The van der Waals surface area contributed by atoms with Crippen molar-refractivity contribution in [3.63, 3.8) is 0 Å². The Bertz CT molecular complexity index is 698. The molecular formula is C24H38F2O4Si. The first kappa shape index (κ1) is 25.6. The Labute approximate surface area is 186 Å². The zero-order valence-electron chi connectivity index (χ0n) is 19.5. The van der Waals surface area contributed by atoms with E-state index in [1.165, 1.54) is 31.7 Å². The molecule has 2 rings (SSSR count).